The van der Waals surface area contributed by atoms with Crippen molar-refractivity contribution in [2.24, 2.45) is 29.4 Å². The summed E-state index contributed by atoms with van der Waals surface area (Å²) in [6.45, 7) is 3.02. The molecule has 1 atom stereocenters. The number of nitrogens with two attached hydrogens (primary N) is 1. The molecule has 1 aromatic heterocycles. The van der Waals surface area contributed by atoms with Gasteiger partial charge in [-0.15, -0.1) is 0 Å². The Morgan fingerprint density at radius 2 is 1.85 bits per heavy atom. The molecule has 4 aliphatic carbocycles. The average Bonchev–Trinajstić information content (AvgIpc) is 2.86. The molecule has 0 aromatic carbocycles. The summed E-state index contributed by atoms with van der Waals surface area (Å²) in [5, 5.41) is 0. The highest BCUT2D eigenvalue weighted by Gasteiger charge is 2.52. The lowest BCUT2D eigenvalue weighted by molar-refractivity contribution is -0.0444. The molecule has 0 amide bonds. The molecule has 1 heterocycles. The maximum Gasteiger partial charge on any atom is 0.0953 e. The molecule has 0 saturated heterocycles. The molecule has 5 rings (SSSR count). The highest BCUT2D eigenvalue weighted by molar-refractivity contribution is 5.12. The van der Waals surface area contributed by atoms with Crippen LogP contribution in [-0.4, -0.2) is 16.1 Å². The van der Waals surface area contributed by atoms with Gasteiger partial charge in [-0.3, -0.25) is 0 Å². The van der Waals surface area contributed by atoms with Crippen LogP contribution in [0.4, 0.5) is 0 Å². The van der Waals surface area contributed by atoms with Crippen LogP contribution in [0.2, 0.25) is 0 Å². The quantitative estimate of drug-likeness (QED) is 0.916. The molecule has 20 heavy (non-hydrogen) atoms. The van der Waals surface area contributed by atoms with E-state index in [2.05, 4.69) is 29.0 Å². The molecule has 3 heteroatoms. The number of aromatic nitrogens is 2. The lowest BCUT2D eigenvalue weighted by Gasteiger charge is -2.57. The van der Waals surface area contributed by atoms with Gasteiger partial charge < -0.3 is 10.3 Å². The van der Waals surface area contributed by atoms with E-state index in [1.54, 1.807) is 0 Å². The monoisotopic (exact) mass is 273 g/mol. The first-order valence-electron chi connectivity index (χ1n) is 8.40. The van der Waals surface area contributed by atoms with Crippen LogP contribution in [0.3, 0.4) is 0 Å². The van der Waals surface area contributed by atoms with Gasteiger partial charge in [0.25, 0.3) is 0 Å². The van der Waals surface area contributed by atoms with E-state index in [1.165, 1.54) is 44.2 Å². The van der Waals surface area contributed by atoms with E-state index >= 15 is 0 Å². The highest BCUT2D eigenvalue weighted by Crippen LogP contribution is 2.59. The van der Waals surface area contributed by atoms with Crippen molar-refractivity contribution >= 4 is 0 Å². The summed E-state index contributed by atoms with van der Waals surface area (Å²) in [6.07, 6.45) is 14.0. The second-order valence-electron chi connectivity index (χ2n) is 7.94. The van der Waals surface area contributed by atoms with Crippen molar-refractivity contribution in [1.29, 1.82) is 0 Å². The zero-order valence-corrected chi connectivity index (χ0v) is 12.6. The van der Waals surface area contributed by atoms with Crippen molar-refractivity contribution in [2.75, 3.05) is 6.54 Å². The van der Waals surface area contributed by atoms with Crippen molar-refractivity contribution in [2.45, 2.75) is 57.4 Å². The summed E-state index contributed by atoms with van der Waals surface area (Å²) < 4.78 is 2.57. The number of hydrogen-bond acceptors (Lipinski definition) is 2. The Morgan fingerprint density at radius 3 is 2.40 bits per heavy atom. The van der Waals surface area contributed by atoms with Crippen LogP contribution in [0, 0.1) is 23.7 Å². The third-order valence-electron chi connectivity index (χ3n) is 6.19. The van der Waals surface area contributed by atoms with Crippen LogP contribution in [0.5, 0.6) is 0 Å². The van der Waals surface area contributed by atoms with E-state index in [-0.39, 0.29) is 0 Å². The van der Waals surface area contributed by atoms with Gasteiger partial charge in [0, 0.05) is 17.4 Å². The molecule has 0 radical (unpaired) electrons. The zero-order valence-electron chi connectivity index (χ0n) is 12.6. The first-order chi connectivity index (χ1) is 9.68. The summed E-state index contributed by atoms with van der Waals surface area (Å²) in [5.41, 5.74) is 7.65. The number of rotatable bonds is 4. The normalized spacial score (nSPS) is 40.2. The molecule has 3 nitrogen and oxygen atoms in total. The van der Waals surface area contributed by atoms with E-state index in [4.69, 9.17) is 5.73 Å². The zero-order chi connectivity index (χ0) is 13.7. The maximum atomic E-state index is 5.82. The third kappa shape index (κ3) is 1.93. The number of nitrogens with zero attached hydrogens (tertiary/aromatic N) is 2. The predicted molar refractivity (Wildman–Crippen MR) is 80.3 cm³/mol. The van der Waals surface area contributed by atoms with E-state index < -0.39 is 0 Å². The van der Waals surface area contributed by atoms with Crippen LogP contribution in [0.25, 0.3) is 0 Å². The Balaban J connectivity index is 1.65. The van der Waals surface area contributed by atoms with Crippen molar-refractivity contribution in [3.8, 4) is 0 Å². The van der Waals surface area contributed by atoms with Crippen molar-refractivity contribution in [3.05, 3.63) is 18.2 Å². The minimum absolute atomic E-state index is 0.412. The first kappa shape index (κ1) is 12.9. The first-order valence-corrected chi connectivity index (χ1v) is 8.40. The highest BCUT2D eigenvalue weighted by atomic mass is 15.1. The molecular formula is C17H27N3. The minimum atomic E-state index is 0.412. The largest absolute Gasteiger partial charge is 0.330 e. The summed E-state index contributed by atoms with van der Waals surface area (Å²) in [6, 6.07) is 0. The number of hydrogen-bond donors (Lipinski definition) is 1. The Kier molecular flexibility index (Phi) is 2.95. The molecular weight excluding hydrogens is 246 g/mol. The maximum absolute atomic E-state index is 5.82. The van der Waals surface area contributed by atoms with E-state index in [0.717, 1.165) is 30.7 Å². The molecule has 4 bridgehead atoms. The Morgan fingerprint density at radius 1 is 1.25 bits per heavy atom. The van der Waals surface area contributed by atoms with Gasteiger partial charge in [-0.05, 0) is 75.2 Å². The molecule has 0 aliphatic heterocycles. The summed E-state index contributed by atoms with van der Waals surface area (Å²) in [4.78, 5) is 4.49. The lowest BCUT2D eigenvalue weighted by Crippen LogP contribution is -2.52. The summed E-state index contributed by atoms with van der Waals surface area (Å²) in [5.74, 6) is 3.52. The van der Waals surface area contributed by atoms with Gasteiger partial charge in [0.1, 0.15) is 0 Å². The van der Waals surface area contributed by atoms with Crippen LogP contribution in [-0.2, 0) is 12.0 Å². The van der Waals surface area contributed by atoms with Gasteiger partial charge in [-0.1, -0.05) is 6.92 Å². The van der Waals surface area contributed by atoms with Crippen LogP contribution in [0.1, 0.15) is 51.1 Å². The molecule has 0 spiro atoms. The van der Waals surface area contributed by atoms with Crippen LogP contribution >= 0.6 is 0 Å². The summed E-state index contributed by atoms with van der Waals surface area (Å²) >= 11 is 0. The van der Waals surface area contributed by atoms with E-state index in [0.29, 0.717) is 11.5 Å². The lowest BCUT2D eigenvalue weighted by atomic mass is 9.53. The Hall–Kier alpha value is -0.830. The topological polar surface area (TPSA) is 43.8 Å². The van der Waals surface area contributed by atoms with Gasteiger partial charge >= 0.3 is 0 Å². The van der Waals surface area contributed by atoms with Gasteiger partial charge in [-0.25, -0.2) is 4.98 Å². The van der Waals surface area contributed by atoms with Gasteiger partial charge in [0.05, 0.1) is 6.33 Å². The van der Waals surface area contributed by atoms with Gasteiger partial charge in [-0.2, -0.15) is 0 Å². The Bertz CT molecular complexity index is 455. The average molecular weight is 273 g/mol. The molecule has 2 N–H and O–H groups in total. The van der Waals surface area contributed by atoms with Gasteiger partial charge in [0.15, 0.2) is 0 Å². The molecule has 1 unspecified atom stereocenters. The van der Waals surface area contributed by atoms with E-state index in [9.17, 15) is 0 Å². The van der Waals surface area contributed by atoms with Gasteiger partial charge in [0.2, 0.25) is 0 Å². The SMILES string of the molecule is CC(CN)Cc1cncn1C12CC3CC(CC(C3)C1)C2. The standard InChI is InChI=1S/C17H27N3/c1-12(9-18)2-16-10-19-11-20(16)17-6-13-3-14(7-17)5-15(4-13)8-17/h10-15H,2-9,18H2,1H3. The molecule has 4 aliphatic rings. The second kappa shape index (κ2) is 4.59. The smallest absolute Gasteiger partial charge is 0.0953 e. The van der Waals surface area contributed by atoms with Crippen LogP contribution in [0.15, 0.2) is 12.5 Å². The van der Waals surface area contributed by atoms with Crippen molar-refractivity contribution in [1.82, 2.24) is 9.55 Å². The third-order valence-corrected chi connectivity index (χ3v) is 6.19. The molecule has 4 saturated carbocycles. The Labute approximate surface area is 122 Å². The molecule has 4 fully saturated rings. The second-order valence-corrected chi connectivity index (χ2v) is 7.94. The minimum Gasteiger partial charge on any atom is -0.330 e. The molecule has 110 valence electrons. The fraction of sp³-hybridized carbons (Fsp3) is 0.824. The van der Waals surface area contributed by atoms with E-state index in [1.807, 2.05) is 0 Å². The fourth-order valence-electron chi connectivity index (χ4n) is 5.70. The number of imidazole rings is 1. The van der Waals surface area contributed by atoms with Crippen molar-refractivity contribution < 1.29 is 0 Å². The van der Waals surface area contributed by atoms with Crippen LogP contribution < -0.4 is 5.73 Å². The fourth-order valence-corrected chi connectivity index (χ4v) is 5.70. The molecule has 1 aromatic rings. The summed E-state index contributed by atoms with van der Waals surface area (Å²) in [7, 11) is 0. The predicted octanol–water partition coefficient (Wildman–Crippen LogP) is 2.95. The van der Waals surface area contributed by atoms with Crippen molar-refractivity contribution in [3.63, 3.8) is 0 Å².